The third kappa shape index (κ3) is 1.82. The molecule has 98 valence electrons. The summed E-state index contributed by atoms with van der Waals surface area (Å²) in [7, 11) is 1.73. The SMILES string of the molecule is Cc1nn(C)c(Cl)c1CN1C(=O)C(C)C(C)C1=O. The number of hydrogen-bond donors (Lipinski definition) is 0. The highest BCUT2D eigenvalue weighted by molar-refractivity contribution is 6.30. The molecule has 2 unspecified atom stereocenters. The Morgan fingerprint density at radius 2 is 1.72 bits per heavy atom. The largest absolute Gasteiger partial charge is 0.277 e. The number of hydrogen-bond acceptors (Lipinski definition) is 3. The van der Waals surface area contributed by atoms with Gasteiger partial charge in [-0.25, -0.2) is 0 Å². The maximum atomic E-state index is 12.0. The zero-order valence-corrected chi connectivity index (χ0v) is 11.7. The van der Waals surface area contributed by atoms with Crippen molar-refractivity contribution in [2.75, 3.05) is 0 Å². The number of imide groups is 1. The Bertz CT molecular complexity index is 504. The van der Waals surface area contributed by atoms with Crippen LogP contribution < -0.4 is 0 Å². The molecule has 2 amide bonds. The number of nitrogens with zero attached hydrogens (tertiary/aromatic N) is 3. The standard InChI is InChI=1S/C12H16ClN3O2/c1-6-7(2)12(18)16(11(6)17)5-9-8(3)14-15(4)10(9)13/h6-7H,5H2,1-4H3. The normalized spacial score (nSPS) is 24.2. The van der Waals surface area contributed by atoms with E-state index < -0.39 is 0 Å². The van der Waals surface area contributed by atoms with Crippen molar-refractivity contribution in [2.45, 2.75) is 27.3 Å². The molecule has 0 radical (unpaired) electrons. The van der Waals surface area contributed by atoms with E-state index in [2.05, 4.69) is 5.10 Å². The number of halogens is 1. The number of carbonyl (C=O) groups is 2. The lowest BCUT2D eigenvalue weighted by Gasteiger charge is -2.14. The number of aromatic nitrogens is 2. The van der Waals surface area contributed by atoms with Crippen LogP contribution in [0.3, 0.4) is 0 Å². The summed E-state index contributed by atoms with van der Waals surface area (Å²) in [4.78, 5) is 25.3. The van der Waals surface area contributed by atoms with Crippen LogP contribution in [-0.2, 0) is 23.2 Å². The second kappa shape index (κ2) is 4.39. The smallest absolute Gasteiger partial charge is 0.233 e. The van der Waals surface area contributed by atoms with Crippen molar-refractivity contribution >= 4 is 23.4 Å². The van der Waals surface area contributed by atoms with E-state index in [-0.39, 0.29) is 30.2 Å². The summed E-state index contributed by atoms with van der Waals surface area (Å²) < 4.78 is 1.55. The molecule has 5 nitrogen and oxygen atoms in total. The molecule has 0 aliphatic carbocycles. The minimum absolute atomic E-state index is 0.133. The van der Waals surface area contributed by atoms with Crippen LogP contribution in [0.15, 0.2) is 0 Å². The Kier molecular flexibility index (Phi) is 3.19. The third-order valence-electron chi connectivity index (χ3n) is 3.65. The quantitative estimate of drug-likeness (QED) is 0.765. The summed E-state index contributed by atoms with van der Waals surface area (Å²) in [5.41, 5.74) is 1.48. The van der Waals surface area contributed by atoms with Gasteiger partial charge in [-0.2, -0.15) is 5.10 Å². The van der Waals surface area contributed by atoms with Gasteiger partial charge in [0, 0.05) is 24.4 Å². The summed E-state index contributed by atoms with van der Waals surface area (Å²) in [6, 6.07) is 0. The zero-order valence-electron chi connectivity index (χ0n) is 10.9. The van der Waals surface area contributed by atoms with Gasteiger partial charge < -0.3 is 0 Å². The summed E-state index contributed by atoms with van der Waals surface area (Å²) in [6.07, 6.45) is 0. The predicted molar refractivity (Wildman–Crippen MR) is 66.8 cm³/mol. The van der Waals surface area contributed by atoms with Crippen molar-refractivity contribution in [3.63, 3.8) is 0 Å². The Balaban J connectivity index is 2.30. The number of carbonyl (C=O) groups excluding carboxylic acids is 2. The van der Waals surface area contributed by atoms with Gasteiger partial charge in [0.2, 0.25) is 11.8 Å². The van der Waals surface area contributed by atoms with Gasteiger partial charge in [-0.1, -0.05) is 25.4 Å². The molecule has 2 heterocycles. The summed E-state index contributed by atoms with van der Waals surface area (Å²) >= 11 is 6.11. The highest BCUT2D eigenvalue weighted by Gasteiger charge is 2.42. The van der Waals surface area contributed by atoms with Crippen LogP contribution >= 0.6 is 11.6 Å². The molecular weight excluding hydrogens is 254 g/mol. The topological polar surface area (TPSA) is 55.2 Å². The molecule has 1 aromatic heterocycles. The van der Waals surface area contributed by atoms with E-state index in [0.29, 0.717) is 5.15 Å². The van der Waals surface area contributed by atoms with Crippen LogP contribution in [0.1, 0.15) is 25.1 Å². The van der Waals surface area contributed by atoms with Gasteiger partial charge in [0.05, 0.1) is 12.2 Å². The van der Waals surface area contributed by atoms with E-state index in [1.807, 2.05) is 6.92 Å². The summed E-state index contributed by atoms with van der Waals surface area (Å²) in [5.74, 6) is -0.778. The van der Waals surface area contributed by atoms with E-state index in [4.69, 9.17) is 11.6 Å². The summed E-state index contributed by atoms with van der Waals surface area (Å²) in [5, 5.41) is 4.65. The van der Waals surface area contributed by atoms with Crippen molar-refractivity contribution in [2.24, 2.45) is 18.9 Å². The van der Waals surface area contributed by atoms with Crippen molar-refractivity contribution in [1.82, 2.24) is 14.7 Å². The average molecular weight is 270 g/mol. The molecule has 0 saturated carbocycles. The van der Waals surface area contributed by atoms with Crippen molar-refractivity contribution in [3.05, 3.63) is 16.4 Å². The van der Waals surface area contributed by atoms with E-state index in [0.717, 1.165) is 11.3 Å². The molecule has 0 bridgehead atoms. The van der Waals surface area contributed by atoms with Crippen LogP contribution in [0, 0.1) is 18.8 Å². The van der Waals surface area contributed by atoms with Crippen molar-refractivity contribution in [3.8, 4) is 0 Å². The molecule has 0 spiro atoms. The fourth-order valence-corrected chi connectivity index (χ4v) is 2.43. The van der Waals surface area contributed by atoms with Gasteiger partial charge in [-0.3, -0.25) is 19.2 Å². The molecule has 0 N–H and O–H groups in total. The second-order valence-electron chi connectivity index (χ2n) is 4.82. The summed E-state index contributed by atoms with van der Waals surface area (Å²) in [6.45, 7) is 5.59. The first kappa shape index (κ1) is 13.1. The molecule has 1 aromatic rings. The lowest BCUT2D eigenvalue weighted by Crippen LogP contribution is -2.30. The van der Waals surface area contributed by atoms with Gasteiger partial charge in [-0.05, 0) is 6.92 Å². The molecule has 1 saturated heterocycles. The van der Waals surface area contributed by atoms with Gasteiger partial charge >= 0.3 is 0 Å². The Morgan fingerprint density at radius 1 is 1.22 bits per heavy atom. The van der Waals surface area contributed by atoms with Crippen molar-refractivity contribution in [1.29, 1.82) is 0 Å². The third-order valence-corrected chi connectivity index (χ3v) is 4.12. The molecule has 2 rings (SSSR count). The van der Waals surface area contributed by atoms with Gasteiger partial charge in [0.15, 0.2) is 0 Å². The number of likely N-dealkylation sites (tertiary alicyclic amines) is 1. The van der Waals surface area contributed by atoms with Gasteiger partial charge in [0.25, 0.3) is 0 Å². The maximum Gasteiger partial charge on any atom is 0.233 e. The number of amides is 2. The molecule has 0 aromatic carbocycles. The van der Waals surface area contributed by atoms with E-state index in [1.54, 1.807) is 25.6 Å². The minimum atomic E-state index is -0.256. The van der Waals surface area contributed by atoms with Crippen LogP contribution in [0.25, 0.3) is 0 Å². The van der Waals surface area contributed by atoms with Crippen LogP contribution in [-0.4, -0.2) is 26.5 Å². The number of rotatable bonds is 2. The zero-order chi connectivity index (χ0) is 13.6. The molecule has 18 heavy (non-hydrogen) atoms. The minimum Gasteiger partial charge on any atom is -0.277 e. The molecule has 2 atom stereocenters. The molecule has 1 aliphatic heterocycles. The molecule has 1 fully saturated rings. The molecule has 6 heteroatoms. The lowest BCUT2D eigenvalue weighted by atomic mass is 10.00. The first-order valence-electron chi connectivity index (χ1n) is 5.87. The highest BCUT2D eigenvalue weighted by atomic mass is 35.5. The first-order valence-corrected chi connectivity index (χ1v) is 6.25. The van der Waals surface area contributed by atoms with Crippen LogP contribution in [0.5, 0.6) is 0 Å². The molecular formula is C12H16ClN3O2. The Hall–Kier alpha value is -1.36. The maximum absolute atomic E-state index is 12.0. The monoisotopic (exact) mass is 269 g/mol. The van der Waals surface area contributed by atoms with Gasteiger partial charge in [-0.15, -0.1) is 0 Å². The van der Waals surface area contributed by atoms with E-state index >= 15 is 0 Å². The van der Waals surface area contributed by atoms with Crippen molar-refractivity contribution < 1.29 is 9.59 Å². The fraction of sp³-hybridized carbons (Fsp3) is 0.583. The predicted octanol–water partition coefficient (Wildman–Crippen LogP) is 1.52. The van der Waals surface area contributed by atoms with Crippen LogP contribution in [0.4, 0.5) is 0 Å². The van der Waals surface area contributed by atoms with E-state index in [1.165, 1.54) is 4.90 Å². The highest BCUT2D eigenvalue weighted by Crippen LogP contribution is 2.29. The van der Waals surface area contributed by atoms with Gasteiger partial charge in [0.1, 0.15) is 5.15 Å². The van der Waals surface area contributed by atoms with Crippen LogP contribution in [0.2, 0.25) is 5.15 Å². The Morgan fingerprint density at radius 3 is 2.11 bits per heavy atom. The Labute approximate surface area is 111 Å². The van der Waals surface area contributed by atoms with E-state index in [9.17, 15) is 9.59 Å². The molecule has 1 aliphatic rings. The number of aryl methyl sites for hydroxylation is 2. The first-order chi connectivity index (χ1) is 8.34. The fourth-order valence-electron chi connectivity index (χ4n) is 2.20. The second-order valence-corrected chi connectivity index (χ2v) is 5.18. The average Bonchev–Trinajstić information content (AvgIpc) is 2.66. The lowest BCUT2D eigenvalue weighted by molar-refractivity contribution is -0.140.